The van der Waals surface area contributed by atoms with Gasteiger partial charge in [-0.3, -0.25) is 4.79 Å². The van der Waals surface area contributed by atoms with Crippen molar-refractivity contribution in [3.05, 3.63) is 65.2 Å². The maximum atomic E-state index is 13.0. The van der Waals surface area contributed by atoms with Crippen molar-refractivity contribution in [2.75, 3.05) is 7.11 Å². The van der Waals surface area contributed by atoms with Gasteiger partial charge in [0, 0.05) is 17.1 Å². The van der Waals surface area contributed by atoms with E-state index in [2.05, 4.69) is 64.1 Å². The number of Topliss-reactive ketones (excluding diaryl/α,β-unsaturated/α-hetero) is 1. The Hall–Kier alpha value is -1.74. The number of thioether (sulfide) groups is 1. The Morgan fingerprint density at radius 2 is 1.60 bits per heavy atom. The summed E-state index contributed by atoms with van der Waals surface area (Å²) in [6, 6.07) is 16.7. The molecule has 2 atom stereocenters. The van der Waals surface area contributed by atoms with Crippen LogP contribution in [0.4, 0.5) is 0 Å². The van der Waals surface area contributed by atoms with Crippen molar-refractivity contribution in [3.8, 4) is 5.75 Å². The van der Waals surface area contributed by atoms with Gasteiger partial charge in [0.25, 0.3) is 0 Å². The van der Waals surface area contributed by atoms with Gasteiger partial charge in [-0.15, -0.1) is 11.8 Å². The summed E-state index contributed by atoms with van der Waals surface area (Å²) in [7, 11) is 1.67. The SMILES string of the molecule is COc1ccc([C@@]2(C)S[C@@H](c3ccc(C)cc3)CC(=O)C2(C)C)cc1. The third kappa shape index (κ3) is 3.10. The molecule has 0 unspecified atom stereocenters. The molecule has 0 N–H and O–H groups in total. The minimum atomic E-state index is -0.423. The van der Waals surface area contributed by atoms with Crippen molar-refractivity contribution in [2.45, 2.75) is 44.1 Å². The van der Waals surface area contributed by atoms with Crippen molar-refractivity contribution >= 4 is 17.5 Å². The summed E-state index contributed by atoms with van der Waals surface area (Å²) >= 11 is 1.91. The second kappa shape index (κ2) is 6.53. The summed E-state index contributed by atoms with van der Waals surface area (Å²) in [5, 5.41) is 0.188. The van der Waals surface area contributed by atoms with E-state index in [9.17, 15) is 4.79 Å². The molecule has 1 heterocycles. The smallest absolute Gasteiger partial charge is 0.141 e. The number of hydrogen-bond acceptors (Lipinski definition) is 3. The molecule has 25 heavy (non-hydrogen) atoms. The molecular weight excluding hydrogens is 328 g/mol. The van der Waals surface area contributed by atoms with Crippen LogP contribution in [0.2, 0.25) is 0 Å². The number of ether oxygens (including phenoxy) is 1. The topological polar surface area (TPSA) is 26.3 Å². The number of carbonyl (C=O) groups is 1. The van der Waals surface area contributed by atoms with Gasteiger partial charge >= 0.3 is 0 Å². The van der Waals surface area contributed by atoms with E-state index in [1.165, 1.54) is 16.7 Å². The van der Waals surface area contributed by atoms with Gasteiger partial charge in [0.2, 0.25) is 0 Å². The van der Waals surface area contributed by atoms with Gasteiger partial charge in [0.05, 0.1) is 11.9 Å². The van der Waals surface area contributed by atoms with Crippen LogP contribution < -0.4 is 4.74 Å². The van der Waals surface area contributed by atoms with Crippen LogP contribution in [0.5, 0.6) is 5.75 Å². The molecule has 0 bridgehead atoms. The van der Waals surface area contributed by atoms with E-state index in [1.54, 1.807) is 7.11 Å². The predicted octanol–water partition coefficient (Wildman–Crippen LogP) is 5.69. The van der Waals surface area contributed by atoms with Crippen molar-refractivity contribution in [1.82, 2.24) is 0 Å². The number of ketones is 1. The fraction of sp³-hybridized carbons (Fsp3) is 0.409. The molecule has 2 nitrogen and oxygen atoms in total. The molecule has 1 aliphatic heterocycles. The lowest BCUT2D eigenvalue weighted by Crippen LogP contribution is -2.47. The zero-order chi connectivity index (χ0) is 18.2. The Labute approximate surface area is 155 Å². The monoisotopic (exact) mass is 354 g/mol. The molecule has 0 aromatic heterocycles. The standard InChI is InChI=1S/C22H26O2S/c1-15-6-8-16(9-7-15)19-14-20(23)21(2,3)22(4,25-19)17-10-12-18(24-5)13-11-17/h6-13,19H,14H2,1-5H3/t19-,22-/m1/s1. The fourth-order valence-electron chi connectivity index (χ4n) is 3.47. The van der Waals surface area contributed by atoms with E-state index in [4.69, 9.17) is 4.74 Å². The van der Waals surface area contributed by atoms with Gasteiger partial charge in [-0.1, -0.05) is 55.8 Å². The number of rotatable bonds is 3. The maximum absolute atomic E-state index is 13.0. The molecule has 2 aromatic rings. The molecule has 132 valence electrons. The van der Waals surface area contributed by atoms with Gasteiger partial charge in [0.1, 0.15) is 11.5 Å². The van der Waals surface area contributed by atoms with Gasteiger partial charge in [-0.25, -0.2) is 0 Å². The second-order valence-corrected chi connectivity index (χ2v) is 9.15. The van der Waals surface area contributed by atoms with Crippen LogP contribution in [0.1, 0.15) is 49.1 Å². The molecule has 0 radical (unpaired) electrons. The van der Waals surface area contributed by atoms with Crippen molar-refractivity contribution in [2.24, 2.45) is 5.41 Å². The van der Waals surface area contributed by atoms with Crippen LogP contribution in [0.3, 0.4) is 0 Å². The number of benzene rings is 2. The zero-order valence-corrected chi connectivity index (χ0v) is 16.4. The molecule has 1 aliphatic rings. The average Bonchev–Trinajstić information content (AvgIpc) is 2.60. The minimum absolute atomic E-state index is 0.188. The highest BCUT2D eigenvalue weighted by molar-refractivity contribution is 8.00. The van der Waals surface area contributed by atoms with E-state index in [0.717, 1.165) is 5.75 Å². The molecule has 1 saturated heterocycles. The van der Waals surface area contributed by atoms with Crippen molar-refractivity contribution in [3.63, 3.8) is 0 Å². The Morgan fingerprint density at radius 1 is 1.00 bits per heavy atom. The quantitative estimate of drug-likeness (QED) is 0.708. The number of carbonyl (C=O) groups excluding carboxylic acids is 1. The van der Waals surface area contributed by atoms with Gasteiger partial charge in [-0.05, 0) is 37.1 Å². The molecule has 3 rings (SSSR count). The Balaban J connectivity index is 2.01. The van der Waals surface area contributed by atoms with Crippen LogP contribution >= 0.6 is 11.8 Å². The van der Waals surface area contributed by atoms with Crippen LogP contribution in [0.15, 0.2) is 48.5 Å². The van der Waals surface area contributed by atoms with E-state index in [-0.39, 0.29) is 10.00 Å². The molecule has 2 aromatic carbocycles. The highest BCUT2D eigenvalue weighted by Gasteiger charge is 2.53. The van der Waals surface area contributed by atoms with Crippen LogP contribution in [-0.4, -0.2) is 12.9 Å². The molecule has 1 fully saturated rings. The Bertz CT molecular complexity index is 762. The maximum Gasteiger partial charge on any atom is 0.141 e. The first kappa shape index (κ1) is 18.1. The third-order valence-electron chi connectivity index (χ3n) is 5.73. The van der Waals surface area contributed by atoms with Crippen molar-refractivity contribution < 1.29 is 9.53 Å². The number of aryl methyl sites for hydroxylation is 1. The lowest BCUT2D eigenvalue weighted by atomic mass is 9.70. The van der Waals surface area contributed by atoms with Crippen LogP contribution in [0.25, 0.3) is 0 Å². The third-order valence-corrected chi connectivity index (χ3v) is 7.67. The largest absolute Gasteiger partial charge is 0.497 e. The van der Waals surface area contributed by atoms with Crippen LogP contribution in [-0.2, 0) is 9.54 Å². The summed E-state index contributed by atoms with van der Waals surface area (Å²) in [5.41, 5.74) is 3.23. The molecule has 0 saturated carbocycles. The lowest BCUT2D eigenvalue weighted by Gasteiger charge is -2.49. The molecule has 0 spiro atoms. The van der Waals surface area contributed by atoms with E-state index < -0.39 is 5.41 Å². The first-order valence-electron chi connectivity index (χ1n) is 8.70. The predicted molar refractivity (Wildman–Crippen MR) is 105 cm³/mol. The zero-order valence-electron chi connectivity index (χ0n) is 15.6. The second-order valence-electron chi connectivity index (χ2n) is 7.53. The fourth-order valence-corrected chi connectivity index (χ4v) is 5.25. The lowest BCUT2D eigenvalue weighted by molar-refractivity contribution is -0.129. The average molecular weight is 355 g/mol. The van der Waals surface area contributed by atoms with E-state index in [0.29, 0.717) is 12.2 Å². The Morgan fingerprint density at radius 3 is 2.16 bits per heavy atom. The molecular formula is C22H26O2S. The van der Waals surface area contributed by atoms with E-state index in [1.807, 2.05) is 23.9 Å². The molecule has 0 aliphatic carbocycles. The number of methoxy groups -OCH3 is 1. The summed E-state index contributed by atoms with van der Waals surface area (Å²) in [6.45, 7) is 8.46. The first-order chi connectivity index (χ1) is 11.8. The summed E-state index contributed by atoms with van der Waals surface area (Å²) in [4.78, 5) is 13.0. The minimum Gasteiger partial charge on any atom is -0.497 e. The normalized spacial score (nSPS) is 25.6. The van der Waals surface area contributed by atoms with Gasteiger partial charge < -0.3 is 4.74 Å². The van der Waals surface area contributed by atoms with E-state index >= 15 is 0 Å². The van der Waals surface area contributed by atoms with Crippen molar-refractivity contribution in [1.29, 1.82) is 0 Å². The Kier molecular flexibility index (Phi) is 4.72. The first-order valence-corrected chi connectivity index (χ1v) is 9.58. The molecule has 3 heteroatoms. The van der Waals surface area contributed by atoms with Crippen LogP contribution in [0, 0.1) is 12.3 Å². The molecule has 0 amide bonds. The summed E-state index contributed by atoms with van der Waals surface area (Å²) in [5.74, 6) is 1.17. The van der Waals surface area contributed by atoms with Gasteiger partial charge in [0.15, 0.2) is 0 Å². The summed E-state index contributed by atoms with van der Waals surface area (Å²) in [6.07, 6.45) is 0.590. The highest BCUT2D eigenvalue weighted by atomic mass is 32.2. The highest BCUT2D eigenvalue weighted by Crippen LogP contribution is 2.60. The van der Waals surface area contributed by atoms with Gasteiger partial charge in [-0.2, -0.15) is 0 Å². The summed E-state index contributed by atoms with van der Waals surface area (Å²) < 4.78 is 5.00. The number of hydrogen-bond donors (Lipinski definition) is 0.